The molecular formula is C9H15F3N2O2. The summed E-state index contributed by atoms with van der Waals surface area (Å²) in [5.74, 6) is -2.66. The Hall–Kier alpha value is -0.820. The number of hydrogen-bond donors (Lipinski definition) is 1. The van der Waals surface area contributed by atoms with Crippen LogP contribution in [0.25, 0.3) is 0 Å². The summed E-state index contributed by atoms with van der Waals surface area (Å²) >= 11 is 0. The topological polar surface area (TPSA) is 55.6 Å². The molecule has 94 valence electrons. The number of hydrogen-bond acceptors (Lipinski definition) is 3. The molecule has 0 radical (unpaired) electrons. The zero-order chi connectivity index (χ0) is 12.3. The van der Waals surface area contributed by atoms with Crippen molar-refractivity contribution in [3.8, 4) is 0 Å². The normalized spacial score (nSPS) is 26.2. The molecule has 16 heavy (non-hydrogen) atoms. The van der Waals surface area contributed by atoms with Crippen LogP contribution in [0, 0.1) is 11.8 Å². The van der Waals surface area contributed by atoms with Gasteiger partial charge in [-0.3, -0.25) is 4.79 Å². The molecule has 0 aromatic carbocycles. The summed E-state index contributed by atoms with van der Waals surface area (Å²) in [6.07, 6.45) is -4.30. The van der Waals surface area contributed by atoms with E-state index >= 15 is 0 Å². The maximum atomic E-state index is 12.7. The van der Waals surface area contributed by atoms with E-state index in [9.17, 15) is 18.0 Å². The molecule has 2 atom stereocenters. The molecule has 0 bridgehead atoms. The van der Waals surface area contributed by atoms with Gasteiger partial charge in [0.25, 0.3) is 0 Å². The van der Waals surface area contributed by atoms with Crippen LogP contribution < -0.4 is 5.73 Å². The molecule has 4 nitrogen and oxygen atoms in total. The summed E-state index contributed by atoms with van der Waals surface area (Å²) in [5.41, 5.74) is 5.12. The van der Waals surface area contributed by atoms with Crippen molar-refractivity contribution in [2.45, 2.75) is 6.18 Å². The van der Waals surface area contributed by atoms with E-state index in [2.05, 4.69) is 0 Å². The summed E-state index contributed by atoms with van der Waals surface area (Å²) in [6, 6.07) is 0. The Morgan fingerprint density at radius 2 is 2.12 bits per heavy atom. The molecule has 0 unspecified atom stereocenters. The van der Waals surface area contributed by atoms with Crippen molar-refractivity contribution in [3.05, 3.63) is 0 Å². The van der Waals surface area contributed by atoms with Crippen LogP contribution in [0.1, 0.15) is 0 Å². The molecule has 1 fully saturated rings. The second-order valence-electron chi connectivity index (χ2n) is 3.87. The van der Waals surface area contributed by atoms with Crippen molar-refractivity contribution in [2.24, 2.45) is 17.6 Å². The van der Waals surface area contributed by atoms with Gasteiger partial charge in [-0.05, 0) is 0 Å². The van der Waals surface area contributed by atoms with E-state index in [0.717, 1.165) is 4.90 Å². The van der Waals surface area contributed by atoms with Crippen LogP contribution in [-0.2, 0) is 9.53 Å². The molecule has 7 heteroatoms. The number of likely N-dealkylation sites (tertiary alicyclic amines) is 1. The zero-order valence-electron chi connectivity index (χ0n) is 8.96. The molecule has 1 rings (SSSR count). The first-order valence-corrected chi connectivity index (χ1v) is 4.93. The molecule has 0 spiro atoms. The van der Waals surface area contributed by atoms with Gasteiger partial charge in [-0.1, -0.05) is 0 Å². The number of rotatable bonds is 3. The third-order valence-corrected chi connectivity index (χ3v) is 2.77. The van der Waals surface area contributed by atoms with E-state index in [0.29, 0.717) is 0 Å². The number of halogens is 3. The third-order valence-electron chi connectivity index (χ3n) is 2.77. The summed E-state index contributed by atoms with van der Waals surface area (Å²) in [5, 5.41) is 0. The number of ether oxygens (including phenoxy) is 1. The van der Waals surface area contributed by atoms with Crippen LogP contribution in [0.5, 0.6) is 0 Å². The lowest BCUT2D eigenvalue weighted by Gasteiger charge is -2.19. The number of carbonyl (C=O) groups excluding carboxylic acids is 1. The number of nitrogens with zero attached hydrogens (tertiary/aromatic N) is 1. The molecule has 1 aliphatic rings. The highest BCUT2D eigenvalue weighted by molar-refractivity contribution is 5.78. The lowest BCUT2D eigenvalue weighted by atomic mass is 9.96. The molecule has 0 saturated carbocycles. The Morgan fingerprint density at radius 3 is 2.56 bits per heavy atom. The van der Waals surface area contributed by atoms with Crippen LogP contribution >= 0.6 is 0 Å². The minimum absolute atomic E-state index is 0.00146. The fraction of sp³-hybridized carbons (Fsp3) is 0.889. The predicted octanol–water partition coefficient (Wildman–Crippen LogP) is 0.228. The number of nitrogens with two attached hydrogens (primary N) is 1. The smallest absolute Gasteiger partial charge is 0.384 e. The van der Waals surface area contributed by atoms with E-state index in [1.54, 1.807) is 0 Å². The van der Waals surface area contributed by atoms with E-state index in [1.807, 2.05) is 0 Å². The van der Waals surface area contributed by atoms with Crippen LogP contribution in [0.15, 0.2) is 0 Å². The molecule has 0 aliphatic carbocycles. The SMILES string of the molecule is COC[C@@H]1CN(C(=O)CN)C[C@@H]1C(F)(F)F. The summed E-state index contributed by atoms with van der Waals surface area (Å²) in [7, 11) is 1.35. The molecule has 1 heterocycles. The molecule has 0 aromatic rings. The number of carbonyl (C=O) groups is 1. The zero-order valence-corrected chi connectivity index (χ0v) is 8.96. The Morgan fingerprint density at radius 1 is 1.50 bits per heavy atom. The molecule has 1 amide bonds. The van der Waals surface area contributed by atoms with Crippen molar-refractivity contribution >= 4 is 5.91 Å². The van der Waals surface area contributed by atoms with Crippen LogP contribution in [0.3, 0.4) is 0 Å². The van der Waals surface area contributed by atoms with Gasteiger partial charge in [0.15, 0.2) is 0 Å². The first-order chi connectivity index (χ1) is 7.40. The van der Waals surface area contributed by atoms with Crippen molar-refractivity contribution < 1.29 is 22.7 Å². The number of alkyl halides is 3. The Bertz CT molecular complexity index is 258. The van der Waals surface area contributed by atoms with Gasteiger partial charge in [0, 0.05) is 26.1 Å². The van der Waals surface area contributed by atoms with Gasteiger partial charge in [-0.25, -0.2) is 0 Å². The van der Waals surface area contributed by atoms with Crippen LogP contribution in [0.2, 0.25) is 0 Å². The fourth-order valence-corrected chi connectivity index (χ4v) is 1.96. The quantitative estimate of drug-likeness (QED) is 0.768. The molecule has 2 N–H and O–H groups in total. The number of methoxy groups -OCH3 is 1. The molecule has 0 aromatic heterocycles. The fourth-order valence-electron chi connectivity index (χ4n) is 1.96. The monoisotopic (exact) mass is 240 g/mol. The average Bonchev–Trinajstić information content (AvgIpc) is 2.61. The average molecular weight is 240 g/mol. The second-order valence-corrected chi connectivity index (χ2v) is 3.87. The second kappa shape index (κ2) is 5.01. The number of amides is 1. The van der Waals surface area contributed by atoms with Gasteiger partial charge in [-0.2, -0.15) is 13.2 Å². The van der Waals surface area contributed by atoms with Crippen LogP contribution in [0.4, 0.5) is 13.2 Å². The summed E-state index contributed by atoms with van der Waals surface area (Å²) < 4.78 is 42.7. The standard InChI is InChI=1S/C9H15F3N2O2/c1-16-5-6-3-14(8(15)2-13)4-7(6)9(10,11)12/h6-7H,2-5,13H2,1H3/t6-,7-/m0/s1. The van der Waals surface area contributed by atoms with Crippen LogP contribution in [-0.4, -0.2) is 50.3 Å². The first-order valence-electron chi connectivity index (χ1n) is 4.93. The van der Waals surface area contributed by atoms with Gasteiger partial charge in [-0.15, -0.1) is 0 Å². The van der Waals surface area contributed by atoms with Crippen molar-refractivity contribution in [1.82, 2.24) is 4.90 Å². The van der Waals surface area contributed by atoms with Crippen molar-refractivity contribution in [2.75, 3.05) is 33.4 Å². The summed E-state index contributed by atoms with van der Waals surface area (Å²) in [4.78, 5) is 12.4. The lowest BCUT2D eigenvalue weighted by Crippen LogP contribution is -2.35. The lowest BCUT2D eigenvalue weighted by molar-refractivity contribution is -0.183. The van der Waals surface area contributed by atoms with E-state index in [1.165, 1.54) is 7.11 Å². The van der Waals surface area contributed by atoms with Crippen molar-refractivity contribution in [1.29, 1.82) is 0 Å². The molecule has 1 saturated heterocycles. The minimum atomic E-state index is -4.30. The third kappa shape index (κ3) is 2.85. The van der Waals surface area contributed by atoms with Gasteiger partial charge < -0.3 is 15.4 Å². The first kappa shape index (κ1) is 13.2. The van der Waals surface area contributed by atoms with Gasteiger partial charge in [0.1, 0.15) is 0 Å². The molecular weight excluding hydrogens is 225 g/mol. The Balaban J connectivity index is 2.72. The van der Waals surface area contributed by atoms with Crippen molar-refractivity contribution in [3.63, 3.8) is 0 Å². The van der Waals surface area contributed by atoms with E-state index < -0.39 is 23.9 Å². The maximum absolute atomic E-state index is 12.7. The van der Waals surface area contributed by atoms with E-state index in [-0.39, 0.29) is 26.2 Å². The highest BCUT2D eigenvalue weighted by Crippen LogP contribution is 2.37. The van der Waals surface area contributed by atoms with Gasteiger partial charge >= 0.3 is 6.18 Å². The van der Waals surface area contributed by atoms with E-state index in [4.69, 9.17) is 10.5 Å². The Kier molecular flexibility index (Phi) is 4.15. The predicted molar refractivity (Wildman–Crippen MR) is 50.5 cm³/mol. The minimum Gasteiger partial charge on any atom is -0.384 e. The molecule has 1 aliphatic heterocycles. The maximum Gasteiger partial charge on any atom is 0.393 e. The van der Waals surface area contributed by atoms with Gasteiger partial charge in [0.05, 0.1) is 19.1 Å². The largest absolute Gasteiger partial charge is 0.393 e. The van der Waals surface area contributed by atoms with Gasteiger partial charge in [0.2, 0.25) is 5.91 Å². The highest BCUT2D eigenvalue weighted by Gasteiger charge is 2.50. The highest BCUT2D eigenvalue weighted by atomic mass is 19.4. The Labute approximate surface area is 91.5 Å². The summed E-state index contributed by atoms with van der Waals surface area (Å²) in [6.45, 7) is -0.510.